The summed E-state index contributed by atoms with van der Waals surface area (Å²) in [5.41, 5.74) is -2.01. The van der Waals surface area contributed by atoms with Gasteiger partial charge in [-0.1, -0.05) is 11.6 Å². The Morgan fingerprint density at radius 2 is 1.80 bits per heavy atom. The van der Waals surface area contributed by atoms with Gasteiger partial charge < -0.3 is 5.32 Å². The third-order valence-electron chi connectivity index (χ3n) is 8.22. The number of nitrogens with zero attached hydrogens (tertiary/aromatic N) is 5. The van der Waals surface area contributed by atoms with E-state index in [4.69, 9.17) is 11.6 Å². The van der Waals surface area contributed by atoms with Crippen LogP contribution in [0, 0.1) is 17.6 Å². The average Bonchev–Trinajstić information content (AvgIpc) is 3.65. The van der Waals surface area contributed by atoms with Crippen molar-refractivity contribution in [3.63, 3.8) is 0 Å². The van der Waals surface area contributed by atoms with Crippen LogP contribution in [0.1, 0.15) is 53.1 Å². The summed E-state index contributed by atoms with van der Waals surface area (Å²) in [5.74, 6) is -8.23. The number of aromatic nitrogens is 5. The van der Waals surface area contributed by atoms with E-state index < -0.39 is 71.3 Å². The van der Waals surface area contributed by atoms with Crippen molar-refractivity contribution in [2.75, 3.05) is 0 Å². The maximum atomic E-state index is 15.1. The zero-order valence-corrected chi connectivity index (χ0v) is 24.2. The molecule has 1 amide bonds. The van der Waals surface area contributed by atoms with Gasteiger partial charge in [0.15, 0.2) is 5.65 Å². The molecular formula is C31H21ClF6N6O2. The third-order valence-corrected chi connectivity index (χ3v) is 8.48. The van der Waals surface area contributed by atoms with Crippen molar-refractivity contribution in [1.82, 2.24) is 29.6 Å². The standard InChI is InChI=1S/C31H21ClF6N6O2/c32-15-3-5-18(6-4-15)44-29(41-28-19(30(44)46)2-1-7-39-28)22(10-14-8-16(33)11-17(34)9-14)40-23(45)13-43-26-24(25(42-43)27(35)36)20-12-21(20)31(26,37)38/h1-9,11,20-22,27H,10,12-13H2,(H,40,45)/t20-,21+,22?/m0/s1. The molecule has 236 valence electrons. The van der Waals surface area contributed by atoms with Crippen molar-refractivity contribution in [1.29, 1.82) is 0 Å². The minimum absolute atomic E-state index is 0.00252. The van der Waals surface area contributed by atoms with E-state index in [0.29, 0.717) is 15.8 Å². The van der Waals surface area contributed by atoms with E-state index in [9.17, 15) is 27.2 Å². The predicted molar refractivity (Wildman–Crippen MR) is 153 cm³/mol. The van der Waals surface area contributed by atoms with Crippen molar-refractivity contribution in [2.24, 2.45) is 5.92 Å². The fourth-order valence-corrected chi connectivity index (χ4v) is 6.36. The van der Waals surface area contributed by atoms with Gasteiger partial charge in [0.1, 0.15) is 35.4 Å². The summed E-state index contributed by atoms with van der Waals surface area (Å²) in [6, 6.07) is 10.5. The summed E-state index contributed by atoms with van der Waals surface area (Å²) in [6.07, 6.45) is -2.01. The Morgan fingerprint density at radius 3 is 2.50 bits per heavy atom. The fourth-order valence-electron chi connectivity index (χ4n) is 6.23. The molecule has 3 atom stereocenters. The fraction of sp³-hybridized carbons (Fsp3) is 0.258. The number of rotatable bonds is 8. The Kier molecular flexibility index (Phi) is 7.14. The van der Waals surface area contributed by atoms with E-state index in [1.165, 1.54) is 47.2 Å². The van der Waals surface area contributed by atoms with E-state index in [1.807, 2.05) is 0 Å². The lowest BCUT2D eigenvalue weighted by atomic mass is 10.0. The summed E-state index contributed by atoms with van der Waals surface area (Å²) in [4.78, 5) is 36.1. The number of halogens is 7. The van der Waals surface area contributed by atoms with Crippen LogP contribution in [-0.4, -0.2) is 30.2 Å². The molecule has 15 heteroatoms. The van der Waals surface area contributed by atoms with Crippen LogP contribution < -0.4 is 10.9 Å². The van der Waals surface area contributed by atoms with Gasteiger partial charge in [-0.3, -0.25) is 18.8 Å². The molecule has 5 aromatic rings. The highest BCUT2D eigenvalue weighted by molar-refractivity contribution is 6.30. The summed E-state index contributed by atoms with van der Waals surface area (Å²) < 4.78 is 88.1. The number of hydrogen-bond acceptors (Lipinski definition) is 5. The van der Waals surface area contributed by atoms with E-state index in [2.05, 4.69) is 20.4 Å². The molecule has 0 spiro atoms. The number of amides is 1. The van der Waals surface area contributed by atoms with Gasteiger partial charge in [0, 0.05) is 35.2 Å². The van der Waals surface area contributed by atoms with Gasteiger partial charge in [0.25, 0.3) is 17.9 Å². The van der Waals surface area contributed by atoms with Crippen molar-refractivity contribution in [3.05, 3.63) is 116 Å². The molecule has 0 saturated heterocycles. The van der Waals surface area contributed by atoms with Crippen molar-refractivity contribution < 1.29 is 31.1 Å². The molecule has 3 heterocycles. The Bertz CT molecular complexity index is 2060. The molecule has 8 nitrogen and oxygen atoms in total. The predicted octanol–water partition coefficient (Wildman–Crippen LogP) is 6.16. The van der Waals surface area contributed by atoms with E-state index in [1.54, 1.807) is 0 Å². The monoisotopic (exact) mass is 658 g/mol. The summed E-state index contributed by atoms with van der Waals surface area (Å²) in [6.45, 7) is -0.880. The highest BCUT2D eigenvalue weighted by Crippen LogP contribution is 2.68. The van der Waals surface area contributed by atoms with Gasteiger partial charge in [-0.15, -0.1) is 0 Å². The molecule has 46 heavy (non-hydrogen) atoms. The number of hydrogen-bond donors (Lipinski definition) is 1. The van der Waals surface area contributed by atoms with Crippen molar-refractivity contribution >= 4 is 28.5 Å². The normalized spacial score (nSPS) is 18.4. The lowest BCUT2D eigenvalue weighted by molar-refractivity contribution is -0.123. The molecular weight excluding hydrogens is 638 g/mol. The van der Waals surface area contributed by atoms with Gasteiger partial charge in [-0.25, -0.2) is 27.5 Å². The quantitative estimate of drug-likeness (QED) is 0.202. The molecule has 2 aliphatic carbocycles. The second-order valence-electron chi connectivity index (χ2n) is 11.2. The van der Waals surface area contributed by atoms with Gasteiger partial charge in [0.2, 0.25) is 5.91 Å². The number of carbonyl (C=O) groups is 1. The average molecular weight is 659 g/mol. The van der Waals surface area contributed by atoms with Crippen LogP contribution in [0.5, 0.6) is 0 Å². The largest absolute Gasteiger partial charge is 0.344 e. The van der Waals surface area contributed by atoms with Crippen LogP contribution in [0.2, 0.25) is 5.02 Å². The van der Waals surface area contributed by atoms with Gasteiger partial charge in [0.05, 0.1) is 17.1 Å². The maximum absolute atomic E-state index is 15.1. The molecule has 3 aromatic heterocycles. The number of pyridine rings is 1. The van der Waals surface area contributed by atoms with Gasteiger partial charge >= 0.3 is 0 Å². The van der Waals surface area contributed by atoms with Gasteiger partial charge in [-0.05, 0) is 66.4 Å². The van der Waals surface area contributed by atoms with Gasteiger partial charge in [-0.2, -0.15) is 13.9 Å². The Hall–Kier alpha value is -4.72. The molecule has 2 aliphatic rings. The zero-order chi connectivity index (χ0) is 32.5. The Labute approximate surface area is 260 Å². The summed E-state index contributed by atoms with van der Waals surface area (Å²) >= 11 is 6.06. The SMILES string of the molecule is O=C(Cn1nc(C(F)F)c2c1C(F)(F)[C@@H]1C[C@H]21)NC(Cc1cc(F)cc(F)c1)c1nc2ncccc2c(=O)n1-c1ccc(Cl)cc1. The van der Waals surface area contributed by atoms with Crippen LogP contribution in [0.25, 0.3) is 16.7 Å². The molecule has 1 saturated carbocycles. The number of carbonyl (C=O) groups excluding carboxylic acids is 1. The first-order valence-electron chi connectivity index (χ1n) is 14.1. The zero-order valence-electron chi connectivity index (χ0n) is 23.4. The summed E-state index contributed by atoms with van der Waals surface area (Å²) in [7, 11) is 0. The van der Waals surface area contributed by atoms with Crippen LogP contribution in [0.15, 0.2) is 65.6 Å². The van der Waals surface area contributed by atoms with E-state index >= 15 is 8.78 Å². The molecule has 0 radical (unpaired) electrons. The number of fused-ring (bicyclic) bond motifs is 4. The topological polar surface area (TPSA) is 94.7 Å². The molecule has 2 aromatic carbocycles. The first kappa shape index (κ1) is 30.0. The van der Waals surface area contributed by atoms with Crippen LogP contribution in [0.3, 0.4) is 0 Å². The lowest BCUT2D eigenvalue weighted by Gasteiger charge is -2.23. The second-order valence-corrected chi connectivity index (χ2v) is 11.7. The lowest BCUT2D eigenvalue weighted by Crippen LogP contribution is -2.38. The van der Waals surface area contributed by atoms with Crippen LogP contribution in [-0.2, 0) is 23.7 Å². The first-order valence-corrected chi connectivity index (χ1v) is 14.4. The van der Waals surface area contributed by atoms with E-state index in [-0.39, 0.29) is 46.5 Å². The third kappa shape index (κ3) is 5.10. The first-order chi connectivity index (χ1) is 21.9. The molecule has 1 fully saturated rings. The van der Waals surface area contributed by atoms with Crippen LogP contribution >= 0.6 is 11.6 Å². The minimum atomic E-state index is -3.46. The second kappa shape index (κ2) is 11.0. The molecule has 0 bridgehead atoms. The smallest absolute Gasteiger partial charge is 0.293 e. The Balaban J connectivity index is 1.33. The molecule has 7 rings (SSSR count). The summed E-state index contributed by atoms with van der Waals surface area (Å²) in [5, 5.41) is 6.78. The number of alkyl halides is 4. The highest BCUT2D eigenvalue weighted by Gasteiger charge is 2.67. The number of benzene rings is 2. The molecule has 1 N–H and O–H groups in total. The number of nitrogens with one attached hydrogen (secondary N) is 1. The highest BCUT2D eigenvalue weighted by atomic mass is 35.5. The Morgan fingerprint density at radius 1 is 1.09 bits per heavy atom. The van der Waals surface area contributed by atoms with Crippen molar-refractivity contribution in [3.8, 4) is 5.69 Å². The molecule has 0 aliphatic heterocycles. The molecule has 1 unspecified atom stereocenters. The minimum Gasteiger partial charge on any atom is -0.344 e. The van der Waals surface area contributed by atoms with Crippen molar-refractivity contribution in [2.45, 2.75) is 43.7 Å². The van der Waals surface area contributed by atoms with Crippen LogP contribution in [0.4, 0.5) is 26.3 Å². The maximum Gasteiger partial charge on any atom is 0.293 e. The van der Waals surface area contributed by atoms with E-state index in [0.717, 1.165) is 12.1 Å².